The lowest BCUT2D eigenvalue weighted by atomic mass is 10.3. The van der Waals surface area contributed by atoms with Crippen LogP contribution in [0.15, 0.2) is 54.2 Å². The van der Waals surface area contributed by atoms with Gasteiger partial charge in [0.05, 0.1) is 12.2 Å². The van der Waals surface area contributed by atoms with Gasteiger partial charge in [-0.2, -0.15) is 5.10 Å². The van der Waals surface area contributed by atoms with Crippen molar-refractivity contribution in [2.24, 2.45) is 0 Å². The second kappa shape index (κ2) is 7.89. The standard InChI is InChI=1S/C17H20N4OS/c1-14(11-21-9-5-8-19-21)18-10-15-13-23-17(20-15)12-22-16-6-3-2-4-7-16/h2-9,13-14,18H,10-12H2,1H3. The van der Waals surface area contributed by atoms with Crippen LogP contribution in [0.4, 0.5) is 0 Å². The molecule has 0 aliphatic rings. The second-order valence-electron chi connectivity index (χ2n) is 5.34. The first kappa shape index (κ1) is 15.7. The zero-order valence-electron chi connectivity index (χ0n) is 13.1. The van der Waals surface area contributed by atoms with Gasteiger partial charge in [-0.25, -0.2) is 4.98 Å². The summed E-state index contributed by atoms with van der Waals surface area (Å²) in [6.45, 7) is 4.26. The number of benzene rings is 1. The van der Waals surface area contributed by atoms with E-state index in [2.05, 4.69) is 27.7 Å². The molecule has 0 saturated carbocycles. The topological polar surface area (TPSA) is 52.0 Å². The summed E-state index contributed by atoms with van der Waals surface area (Å²) in [6.07, 6.45) is 3.77. The lowest BCUT2D eigenvalue weighted by Gasteiger charge is -2.12. The monoisotopic (exact) mass is 328 g/mol. The minimum absolute atomic E-state index is 0.334. The van der Waals surface area contributed by atoms with Crippen molar-refractivity contribution in [1.29, 1.82) is 0 Å². The summed E-state index contributed by atoms with van der Waals surface area (Å²) < 4.78 is 7.65. The second-order valence-corrected chi connectivity index (χ2v) is 6.29. The van der Waals surface area contributed by atoms with E-state index in [-0.39, 0.29) is 0 Å². The highest BCUT2D eigenvalue weighted by molar-refractivity contribution is 7.09. The van der Waals surface area contributed by atoms with Gasteiger partial charge in [-0.3, -0.25) is 4.68 Å². The zero-order chi connectivity index (χ0) is 15.9. The molecule has 2 heterocycles. The van der Waals surface area contributed by atoms with Gasteiger partial charge in [0.1, 0.15) is 17.4 Å². The van der Waals surface area contributed by atoms with Crippen molar-refractivity contribution in [1.82, 2.24) is 20.1 Å². The molecule has 1 aromatic carbocycles. The van der Waals surface area contributed by atoms with Crippen LogP contribution >= 0.6 is 11.3 Å². The summed E-state index contributed by atoms with van der Waals surface area (Å²) in [6, 6.07) is 12.1. The Labute approximate surface area is 140 Å². The van der Waals surface area contributed by atoms with Crippen LogP contribution in [0.1, 0.15) is 17.6 Å². The average molecular weight is 328 g/mol. The summed E-state index contributed by atoms with van der Waals surface area (Å²) in [4.78, 5) is 4.60. The van der Waals surface area contributed by atoms with Crippen LogP contribution in [0.3, 0.4) is 0 Å². The van der Waals surface area contributed by atoms with E-state index in [4.69, 9.17) is 4.74 Å². The van der Waals surface area contributed by atoms with Crippen LogP contribution in [0.2, 0.25) is 0 Å². The Hall–Kier alpha value is -2.18. The summed E-state index contributed by atoms with van der Waals surface area (Å²) in [7, 11) is 0. The molecule has 1 atom stereocenters. The molecule has 3 aromatic rings. The van der Waals surface area contributed by atoms with Crippen LogP contribution in [0.25, 0.3) is 0 Å². The van der Waals surface area contributed by atoms with E-state index in [0.29, 0.717) is 12.6 Å². The number of ether oxygens (including phenoxy) is 1. The van der Waals surface area contributed by atoms with Gasteiger partial charge in [0.25, 0.3) is 0 Å². The molecule has 23 heavy (non-hydrogen) atoms. The number of para-hydroxylation sites is 1. The van der Waals surface area contributed by atoms with Crippen molar-refractivity contribution < 1.29 is 4.74 Å². The fraction of sp³-hybridized carbons (Fsp3) is 0.294. The van der Waals surface area contributed by atoms with Crippen molar-refractivity contribution in [3.8, 4) is 5.75 Å². The van der Waals surface area contributed by atoms with Crippen LogP contribution < -0.4 is 10.1 Å². The quantitative estimate of drug-likeness (QED) is 0.690. The van der Waals surface area contributed by atoms with E-state index in [1.165, 1.54) is 0 Å². The van der Waals surface area contributed by atoms with Crippen LogP contribution in [0, 0.1) is 0 Å². The Morgan fingerprint density at radius 2 is 2.13 bits per heavy atom. The molecule has 0 spiro atoms. The molecule has 0 aliphatic carbocycles. The Morgan fingerprint density at radius 1 is 1.26 bits per heavy atom. The van der Waals surface area contributed by atoms with E-state index in [1.54, 1.807) is 17.5 Å². The maximum atomic E-state index is 5.72. The van der Waals surface area contributed by atoms with Crippen molar-refractivity contribution in [3.63, 3.8) is 0 Å². The molecule has 0 aliphatic heterocycles. The minimum Gasteiger partial charge on any atom is -0.486 e. The van der Waals surface area contributed by atoms with E-state index in [0.717, 1.165) is 29.5 Å². The minimum atomic E-state index is 0.334. The van der Waals surface area contributed by atoms with Crippen molar-refractivity contribution in [3.05, 3.63) is 64.9 Å². The summed E-state index contributed by atoms with van der Waals surface area (Å²) in [5.41, 5.74) is 1.05. The van der Waals surface area contributed by atoms with Crippen LogP contribution in [-0.4, -0.2) is 20.8 Å². The molecule has 0 radical (unpaired) electrons. The zero-order valence-corrected chi connectivity index (χ0v) is 13.9. The highest BCUT2D eigenvalue weighted by Crippen LogP contribution is 2.15. The number of hydrogen-bond donors (Lipinski definition) is 1. The van der Waals surface area contributed by atoms with Gasteiger partial charge in [0.15, 0.2) is 0 Å². The van der Waals surface area contributed by atoms with Crippen molar-refractivity contribution >= 4 is 11.3 Å². The van der Waals surface area contributed by atoms with Crippen LogP contribution in [-0.2, 0) is 19.7 Å². The number of rotatable bonds is 8. The Kier molecular flexibility index (Phi) is 5.39. The Morgan fingerprint density at radius 3 is 2.91 bits per heavy atom. The molecule has 120 valence electrons. The summed E-state index contributed by atoms with van der Waals surface area (Å²) in [5, 5.41) is 10.8. The smallest absolute Gasteiger partial charge is 0.140 e. The normalized spacial score (nSPS) is 12.2. The maximum absolute atomic E-state index is 5.72. The summed E-state index contributed by atoms with van der Waals surface area (Å²) in [5.74, 6) is 0.871. The third-order valence-electron chi connectivity index (χ3n) is 3.36. The average Bonchev–Trinajstić information content (AvgIpc) is 3.24. The van der Waals surface area contributed by atoms with E-state index in [9.17, 15) is 0 Å². The third-order valence-corrected chi connectivity index (χ3v) is 4.23. The van der Waals surface area contributed by atoms with Gasteiger partial charge >= 0.3 is 0 Å². The van der Waals surface area contributed by atoms with E-state index < -0.39 is 0 Å². The predicted molar refractivity (Wildman–Crippen MR) is 91.4 cm³/mol. The number of thiazole rings is 1. The first-order chi connectivity index (χ1) is 11.3. The number of hydrogen-bond acceptors (Lipinski definition) is 5. The molecule has 6 heteroatoms. The van der Waals surface area contributed by atoms with Gasteiger partial charge in [-0.15, -0.1) is 11.3 Å². The van der Waals surface area contributed by atoms with Gasteiger partial charge in [0, 0.05) is 30.4 Å². The number of nitrogens with one attached hydrogen (secondary N) is 1. The van der Waals surface area contributed by atoms with Crippen molar-refractivity contribution in [2.75, 3.05) is 0 Å². The highest BCUT2D eigenvalue weighted by Gasteiger charge is 2.06. The third kappa shape index (κ3) is 4.91. The lowest BCUT2D eigenvalue weighted by molar-refractivity contribution is 0.305. The van der Waals surface area contributed by atoms with Gasteiger partial charge in [0.2, 0.25) is 0 Å². The first-order valence-electron chi connectivity index (χ1n) is 7.61. The van der Waals surface area contributed by atoms with Crippen molar-refractivity contribution in [2.45, 2.75) is 32.7 Å². The Bertz CT molecular complexity index is 696. The molecule has 1 N–H and O–H groups in total. The highest BCUT2D eigenvalue weighted by atomic mass is 32.1. The molecule has 0 bridgehead atoms. The molecular weight excluding hydrogens is 308 g/mol. The predicted octanol–water partition coefficient (Wildman–Crippen LogP) is 3.10. The molecule has 0 amide bonds. The molecule has 0 saturated heterocycles. The number of nitrogens with zero attached hydrogens (tertiary/aromatic N) is 3. The van der Waals surface area contributed by atoms with Gasteiger partial charge in [-0.1, -0.05) is 18.2 Å². The molecule has 2 aromatic heterocycles. The van der Waals surface area contributed by atoms with Gasteiger partial charge in [-0.05, 0) is 25.1 Å². The molecule has 3 rings (SSSR count). The fourth-order valence-corrected chi connectivity index (χ4v) is 2.90. The molecule has 5 nitrogen and oxygen atoms in total. The van der Waals surface area contributed by atoms with Gasteiger partial charge < -0.3 is 10.1 Å². The molecular formula is C17H20N4OS. The van der Waals surface area contributed by atoms with E-state index >= 15 is 0 Å². The maximum Gasteiger partial charge on any atom is 0.140 e. The van der Waals surface area contributed by atoms with E-state index in [1.807, 2.05) is 47.3 Å². The lowest BCUT2D eigenvalue weighted by Crippen LogP contribution is -2.30. The first-order valence-corrected chi connectivity index (χ1v) is 8.49. The van der Waals surface area contributed by atoms with Crippen LogP contribution in [0.5, 0.6) is 5.75 Å². The molecule has 0 fully saturated rings. The SMILES string of the molecule is CC(Cn1cccn1)NCc1csc(COc2ccccc2)n1. The number of aromatic nitrogens is 3. The fourth-order valence-electron chi connectivity index (χ4n) is 2.19. The molecule has 1 unspecified atom stereocenters. The largest absolute Gasteiger partial charge is 0.486 e. The summed E-state index contributed by atoms with van der Waals surface area (Å²) >= 11 is 1.63. The Balaban J connectivity index is 1.43.